The molecule has 0 fully saturated rings. The maximum absolute atomic E-state index is 13.0. The second-order valence-corrected chi connectivity index (χ2v) is 4.31. The number of nitrogens with one attached hydrogen (secondary N) is 2. The molecule has 1 rings (SSSR count). The van der Waals surface area contributed by atoms with Crippen molar-refractivity contribution in [3.8, 4) is 0 Å². The Balaban J connectivity index is 2.35. The van der Waals surface area contributed by atoms with Gasteiger partial charge in [0.2, 0.25) is 0 Å². The summed E-state index contributed by atoms with van der Waals surface area (Å²) in [5.74, 6) is -1.72. The van der Waals surface area contributed by atoms with E-state index in [9.17, 15) is 13.6 Å². The SMILES string of the molecule is CC(CCc1ccc(F)c(F)c1)NC(=O)NCCO. The number of aryl methyl sites for hydroxylation is 1. The van der Waals surface area contributed by atoms with Gasteiger partial charge in [-0.25, -0.2) is 13.6 Å². The molecule has 0 saturated carbocycles. The molecule has 0 aliphatic carbocycles. The lowest BCUT2D eigenvalue weighted by Gasteiger charge is -2.14. The topological polar surface area (TPSA) is 61.4 Å². The molecule has 1 aromatic rings. The normalized spacial score (nSPS) is 12.0. The predicted octanol–water partition coefficient (Wildman–Crippen LogP) is 1.58. The minimum atomic E-state index is -0.863. The second kappa shape index (κ2) is 7.68. The number of amides is 2. The highest BCUT2D eigenvalue weighted by molar-refractivity contribution is 5.74. The highest BCUT2D eigenvalue weighted by atomic mass is 19.2. The van der Waals surface area contributed by atoms with Crippen molar-refractivity contribution < 1.29 is 18.7 Å². The van der Waals surface area contributed by atoms with Crippen LogP contribution in [0.2, 0.25) is 0 Å². The van der Waals surface area contributed by atoms with Crippen LogP contribution in [0.5, 0.6) is 0 Å². The Kier molecular flexibility index (Phi) is 6.21. The second-order valence-electron chi connectivity index (χ2n) is 4.31. The van der Waals surface area contributed by atoms with E-state index < -0.39 is 11.6 Å². The Hall–Kier alpha value is -1.69. The van der Waals surface area contributed by atoms with E-state index in [1.54, 1.807) is 0 Å². The fourth-order valence-electron chi connectivity index (χ4n) is 1.59. The first-order valence-corrected chi connectivity index (χ1v) is 6.12. The molecule has 3 N–H and O–H groups in total. The summed E-state index contributed by atoms with van der Waals surface area (Å²) in [6.45, 7) is 1.90. The molecule has 0 heterocycles. The van der Waals surface area contributed by atoms with Crippen LogP contribution in [-0.2, 0) is 6.42 Å². The molecule has 0 aliphatic rings. The van der Waals surface area contributed by atoms with Crippen LogP contribution in [0, 0.1) is 11.6 Å². The van der Waals surface area contributed by atoms with Crippen LogP contribution in [0.15, 0.2) is 18.2 Å². The van der Waals surface area contributed by atoms with Crippen LogP contribution in [0.4, 0.5) is 13.6 Å². The Morgan fingerprint density at radius 1 is 1.37 bits per heavy atom. The number of halogens is 2. The molecule has 1 aromatic carbocycles. The Bertz CT molecular complexity index is 427. The average molecular weight is 272 g/mol. The van der Waals surface area contributed by atoms with E-state index in [0.29, 0.717) is 18.4 Å². The number of hydrogen-bond acceptors (Lipinski definition) is 2. The van der Waals surface area contributed by atoms with Gasteiger partial charge in [-0.1, -0.05) is 6.07 Å². The molecule has 0 aliphatic heterocycles. The van der Waals surface area contributed by atoms with Gasteiger partial charge in [-0.05, 0) is 37.5 Å². The summed E-state index contributed by atoms with van der Waals surface area (Å²) in [6.07, 6.45) is 1.15. The summed E-state index contributed by atoms with van der Waals surface area (Å²) in [7, 11) is 0. The average Bonchev–Trinajstić information content (AvgIpc) is 2.38. The van der Waals surface area contributed by atoms with Crippen LogP contribution >= 0.6 is 0 Å². The number of urea groups is 1. The van der Waals surface area contributed by atoms with Gasteiger partial charge in [0.15, 0.2) is 11.6 Å². The largest absolute Gasteiger partial charge is 0.395 e. The minimum Gasteiger partial charge on any atom is -0.395 e. The number of carbonyl (C=O) groups excluding carboxylic acids is 1. The standard InChI is InChI=1S/C13H18F2N2O2/c1-9(17-13(19)16-6-7-18)2-3-10-4-5-11(14)12(15)8-10/h4-5,8-9,18H,2-3,6-7H2,1H3,(H2,16,17,19). The Labute approximate surface area is 110 Å². The first-order valence-electron chi connectivity index (χ1n) is 6.12. The van der Waals surface area contributed by atoms with Crippen molar-refractivity contribution in [1.29, 1.82) is 0 Å². The highest BCUT2D eigenvalue weighted by Gasteiger charge is 2.08. The monoisotopic (exact) mass is 272 g/mol. The fraction of sp³-hybridized carbons (Fsp3) is 0.462. The molecule has 1 unspecified atom stereocenters. The van der Waals surface area contributed by atoms with Gasteiger partial charge in [0, 0.05) is 12.6 Å². The van der Waals surface area contributed by atoms with Gasteiger partial charge in [-0.15, -0.1) is 0 Å². The van der Waals surface area contributed by atoms with Crippen LogP contribution in [-0.4, -0.2) is 30.3 Å². The number of benzene rings is 1. The summed E-state index contributed by atoms with van der Waals surface area (Å²) >= 11 is 0. The zero-order valence-corrected chi connectivity index (χ0v) is 10.7. The van der Waals surface area contributed by atoms with Crippen molar-refractivity contribution in [3.63, 3.8) is 0 Å². The third kappa shape index (κ3) is 5.65. The molecule has 1 atom stereocenters. The van der Waals surface area contributed by atoms with E-state index in [-0.39, 0.29) is 25.2 Å². The van der Waals surface area contributed by atoms with E-state index in [1.165, 1.54) is 6.07 Å². The third-order valence-corrected chi connectivity index (χ3v) is 2.62. The summed E-state index contributed by atoms with van der Waals surface area (Å²) in [6, 6.07) is 3.32. The molecule has 106 valence electrons. The first kappa shape index (κ1) is 15.4. The number of hydrogen-bond donors (Lipinski definition) is 3. The van der Waals surface area contributed by atoms with E-state index in [4.69, 9.17) is 5.11 Å². The van der Waals surface area contributed by atoms with Crippen LogP contribution in [0.25, 0.3) is 0 Å². The zero-order valence-electron chi connectivity index (χ0n) is 10.7. The quantitative estimate of drug-likeness (QED) is 0.736. The fourth-order valence-corrected chi connectivity index (χ4v) is 1.59. The highest BCUT2D eigenvalue weighted by Crippen LogP contribution is 2.11. The smallest absolute Gasteiger partial charge is 0.315 e. The van der Waals surface area contributed by atoms with Gasteiger partial charge >= 0.3 is 6.03 Å². The van der Waals surface area contributed by atoms with Crippen molar-refractivity contribution in [2.24, 2.45) is 0 Å². The lowest BCUT2D eigenvalue weighted by atomic mass is 10.1. The van der Waals surface area contributed by atoms with Gasteiger partial charge in [0.25, 0.3) is 0 Å². The third-order valence-electron chi connectivity index (χ3n) is 2.62. The number of aliphatic hydroxyl groups excluding tert-OH is 1. The van der Waals surface area contributed by atoms with Gasteiger partial charge in [0.1, 0.15) is 0 Å². The molecule has 0 spiro atoms. The number of rotatable bonds is 6. The maximum atomic E-state index is 13.0. The van der Waals surface area contributed by atoms with Crippen molar-refractivity contribution >= 4 is 6.03 Å². The van der Waals surface area contributed by atoms with E-state index >= 15 is 0 Å². The van der Waals surface area contributed by atoms with Crippen LogP contribution < -0.4 is 10.6 Å². The molecule has 0 bridgehead atoms. The molecular formula is C13H18F2N2O2. The van der Waals surface area contributed by atoms with Crippen molar-refractivity contribution in [1.82, 2.24) is 10.6 Å². The van der Waals surface area contributed by atoms with E-state index in [0.717, 1.165) is 12.1 Å². The Morgan fingerprint density at radius 3 is 2.74 bits per heavy atom. The Morgan fingerprint density at radius 2 is 2.11 bits per heavy atom. The van der Waals surface area contributed by atoms with Crippen molar-refractivity contribution in [2.75, 3.05) is 13.2 Å². The molecule has 0 radical (unpaired) electrons. The zero-order chi connectivity index (χ0) is 14.3. The number of carbonyl (C=O) groups is 1. The van der Waals surface area contributed by atoms with Gasteiger partial charge in [0.05, 0.1) is 6.61 Å². The van der Waals surface area contributed by atoms with Crippen LogP contribution in [0.1, 0.15) is 18.9 Å². The number of aliphatic hydroxyl groups is 1. The maximum Gasteiger partial charge on any atom is 0.315 e. The summed E-state index contributed by atoms with van der Waals surface area (Å²) in [4.78, 5) is 11.3. The lowest BCUT2D eigenvalue weighted by molar-refractivity contribution is 0.231. The minimum absolute atomic E-state index is 0.105. The predicted molar refractivity (Wildman–Crippen MR) is 67.8 cm³/mol. The molecule has 2 amide bonds. The summed E-state index contributed by atoms with van der Waals surface area (Å²) < 4.78 is 25.7. The van der Waals surface area contributed by atoms with Crippen molar-refractivity contribution in [2.45, 2.75) is 25.8 Å². The molecular weight excluding hydrogens is 254 g/mol. The molecule has 0 saturated heterocycles. The first-order chi connectivity index (χ1) is 9.02. The van der Waals surface area contributed by atoms with Gasteiger partial charge in [-0.2, -0.15) is 0 Å². The summed E-state index contributed by atoms with van der Waals surface area (Å²) in [5, 5.41) is 13.7. The molecule has 4 nitrogen and oxygen atoms in total. The van der Waals surface area contributed by atoms with E-state index in [2.05, 4.69) is 10.6 Å². The van der Waals surface area contributed by atoms with Gasteiger partial charge in [-0.3, -0.25) is 0 Å². The summed E-state index contributed by atoms with van der Waals surface area (Å²) in [5.41, 5.74) is 0.684. The molecule has 6 heteroatoms. The van der Waals surface area contributed by atoms with Gasteiger partial charge < -0.3 is 15.7 Å². The lowest BCUT2D eigenvalue weighted by Crippen LogP contribution is -2.41. The molecule has 19 heavy (non-hydrogen) atoms. The van der Waals surface area contributed by atoms with Crippen molar-refractivity contribution in [3.05, 3.63) is 35.4 Å². The van der Waals surface area contributed by atoms with Crippen LogP contribution in [0.3, 0.4) is 0 Å². The molecule has 0 aromatic heterocycles. The van der Waals surface area contributed by atoms with E-state index in [1.807, 2.05) is 6.92 Å².